The molecule has 0 aromatic rings. The van der Waals surface area contributed by atoms with Crippen molar-refractivity contribution in [3.05, 3.63) is 0 Å². The summed E-state index contributed by atoms with van der Waals surface area (Å²) >= 11 is 1.84. The molecule has 1 N–H and O–H groups in total. The minimum Gasteiger partial charge on any atom is -0.338 e. The van der Waals surface area contributed by atoms with Crippen LogP contribution in [0.1, 0.15) is 46.5 Å². The van der Waals surface area contributed by atoms with Gasteiger partial charge in [-0.25, -0.2) is 0 Å². The number of thioether (sulfide) groups is 1. The molecule has 1 amide bonds. The highest BCUT2D eigenvalue weighted by atomic mass is 32.2. The molecule has 2 unspecified atom stereocenters. The second-order valence-corrected chi connectivity index (χ2v) is 7.63. The minimum atomic E-state index is -0.164. The first kappa shape index (κ1) is 14.2. The van der Waals surface area contributed by atoms with E-state index in [0.717, 1.165) is 25.3 Å². The quantitative estimate of drug-likeness (QED) is 0.850. The van der Waals surface area contributed by atoms with Crippen LogP contribution in [-0.2, 0) is 4.79 Å². The highest BCUT2D eigenvalue weighted by molar-refractivity contribution is 8.01. The third kappa shape index (κ3) is 3.02. The van der Waals surface area contributed by atoms with Crippen LogP contribution in [0.3, 0.4) is 0 Å². The van der Waals surface area contributed by atoms with Crippen LogP contribution in [0.25, 0.3) is 0 Å². The molecule has 2 heterocycles. The Bertz CT molecular complexity index is 294. The first-order chi connectivity index (χ1) is 8.53. The Balaban J connectivity index is 2.01. The summed E-state index contributed by atoms with van der Waals surface area (Å²) in [7, 11) is 0. The van der Waals surface area contributed by atoms with Crippen molar-refractivity contribution in [3.8, 4) is 0 Å². The van der Waals surface area contributed by atoms with Gasteiger partial charge in [-0.05, 0) is 58.8 Å². The molecular weight excluding hydrogens is 244 g/mol. The summed E-state index contributed by atoms with van der Waals surface area (Å²) in [5.74, 6) is 1.49. The van der Waals surface area contributed by atoms with E-state index in [1.807, 2.05) is 11.8 Å². The van der Waals surface area contributed by atoms with Crippen LogP contribution in [0.4, 0.5) is 0 Å². The van der Waals surface area contributed by atoms with Crippen LogP contribution in [0.5, 0.6) is 0 Å². The van der Waals surface area contributed by atoms with Gasteiger partial charge in [-0.2, -0.15) is 0 Å². The average molecular weight is 270 g/mol. The highest BCUT2D eigenvalue weighted by Gasteiger charge is 2.41. The Labute approximate surface area is 115 Å². The van der Waals surface area contributed by atoms with Crippen molar-refractivity contribution >= 4 is 17.7 Å². The Morgan fingerprint density at radius 1 is 1.50 bits per heavy atom. The number of hydrogen-bond acceptors (Lipinski definition) is 3. The first-order valence-electron chi connectivity index (χ1n) is 7.21. The molecule has 104 valence electrons. The Morgan fingerprint density at radius 3 is 2.78 bits per heavy atom. The van der Waals surface area contributed by atoms with Crippen molar-refractivity contribution in [1.29, 1.82) is 0 Å². The highest BCUT2D eigenvalue weighted by Crippen LogP contribution is 2.39. The normalized spacial score (nSPS) is 32.1. The second kappa shape index (κ2) is 5.83. The Hall–Kier alpha value is -0.220. The molecule has 0 spiro atoms. The standard InChI is InChI=1S/C14H26N2OS/c1-11(2)16(10-12-6-4-8-15-12)13(17)14(3)7-5-9-18-14/h11-12,15H,4-10H2,1-3H3. The molecule has 2 aliphatic rings. The van der Waals surface area contributed by atoms with Gasteiger partial charge in [0.05, 0.1) is 4.75 Å². The van der Waals surface area contributed by atoms with Crippen LogP contribution >= 0.6 is 11.8 Å². The molecule has 0 radical (unpaired) electrons. The lowest BCUT2D eigenvalue weighted by Gasteiger charge is -2.35. The molecule has 2 rings (SSSR count). The number of hydrogen-bond donors (Lipinski definition) is 1. The molecule has 0 aromatic carbocycles. The number of carbonyl (C=O) groups excluding carboxylic acids is 1. The van der Waals surface area contributed by atoms with Gasteiger partial charge >= 0.3 is 0 Å². The second-order valence-electron chi connectivity index (χ2n) is 6.03. The van der Waals surface area contributed by atoms with Crippen molar-refractivity contribution in [2.45, 2.75) is 63.3 Å². The topological polar surface area (TPSA) is 32.3 Å². The fourth-order valence-electron chi connectivity index (χ4n) is 2.93. The predicted octanol–water partition coefficient (Wildman–Crippen LogP) is 2.26. The van der Waals surface area contributed by atoms with E-state index in [1.165, 1.54) is 19.3 Å². The lowest BCUT2D eigenvalue weighted by molar-refractivity contribution is -0.135. The van der Waals surface area contributed by atoms with E-state index in [1.54, 1.807) is 0 Å². The van der Waals surface area contributed by atoms with E-state index in [2.05, 4.69) is 31.0 Å². The summed E-state index contributed by atoms with van der Waals surface area (Å²) in [6, 6.07) is 0.810. The summed E-state index contributed by atoms with van der Waals surface area (Å²) in [5.41, 5.74) is 0. The third-order valence-electron chi connectivity index (χ3n) is 4.13. The maximum atomic E-state index is 12.8. The molecular formula is C14H26N2OS. The van der Waals surface area contributed by atoms with Gasteiger partial charge in [0.15, 0.2) is 0 Å². The van der Waals surface area contributed by atoms with Crippen LogP contribution in [0.2, 0.25) is 0 Å². The molecule has 2 atom stereocenters. The number of rotatable bonds is 4. The zero-order valence-corrected chi connectivity index (χ0v) is 12.7. The fraction of sp³-hybridized carbons (Fsp3) is 0.929. The smallest absolute Gasteiger partial charge is 0.238 e. The minimum absolute atomic E-state index is 0.164. The zero-order valence-electron chi connectivity index (χ0n) is 11.9. The molecule has 4 heteroatoms. The molecule has 0 aliphatic carbocycles. The molecule has 2 saturated heterocycles. The number of amides is 1. The van der Waals surface area contributed by atoms with Crippen molar-refractivity contribution in [2.24, 2.45) is 0 Å². The van der Waals surface area contributed by atoms with E-state index in [9.17, 15) is 4.79 Å². The number of nitrogens with one attached hydrogen (secondary N) is 1. The molecule has 18 heavy (non-hydrogen) atoms. The third-order valence-corrected chi connectivity index (χ3v) is 5.64. The monoisotopic (exact) mass is 270 g/mol. The number of carbonyl (C=O) groups is 1. The van der Waals surface area contributed by atoms with Gasteiger partial charge in [0, 0.05) is 18.6 Å². The zero-order chi connectivity index (χ0) is 13.2. The Morgan fingerprint density at radius 2 is 2.28 bits per heavy atom. The van der Waals surface area contributed by atoms with E-state index >= 15 is 0 Å². The Kier molecular flexibility index (Phi) is 4.59. The number of nitrogens with zero attached hydrogens (tertiary/aromatic N) is 1. The average Bonchev–Trinajstić information content (AvgIpc) is 2.96. The van der Waals surface area contributed by atoms with Gasteiger partial charge in [0.25, 0.3) is 0 Å². The molecule has 0 saturated carbocycles. The molecule has 2 aliphatic heterocycles. The summed E-state index contributed by atoms with van der Waals surface area (Å²) < 4.78 is -0.164. The van der Waals surface area contributed by atoms with Gasteiger partial charge in [0.1, 0.15) is 0 Å². The molecule has 0 bridgehead atoms. The fourth-order valence-corrected chi connectivity index (χ4v) is 4.20. The maximum absolute atomic E-state index is 12.8. The lowest BCUT2D eigenvalue weighted by Crippen LogP contribution is -2.51. The maximum Gasteiger partial charge on any atom is 0.238 e. The van der Waals surface area contributed by atoms with Crippen molar-refractivity contribution in [1.82, 2.24) is 10.2 Å². The van der Waals surface area contributed by atoms with Gasteiger partial charge in [-0.3, -0.25) is 4.79 Å². The van der Waals surface area contributed by atoms with E-state index in [-0.39, 0.29) is 4.75 Å². The summed E-state index contributed by atoms with van der Waals surface area (Å²) in [6.07, 6.45) is 4.68. The van der Waals surface area contributed by atoms with Crippen LogP contribution in [-0.4, -0.2) is 46.5 Å². The molecule has 0 aromatic heterocycles. The van der Waals surface area contributed by atoms with Crippen molar-refractivity contribution in [2.75, 3.05) is 18.8 Å². The van der Waals surface area contributed by atoms with Gasteiger partial charge in [-0.15, -0.1) is 11.8 Å². The van der Waals surface area contributed by atoms with Crippen molar-refractivity contribution < 1.29 is 4.79 Å². The lowest BCUT2D eigenvalue weighted by atomic mass is 10.0. The summed E-state index contributed by atoms with van der Waals surface area (Å²) in [4.78, 5) is 14.9. The largest absolute Gasteiger partial charge is 0.338 e. The molecule has 2 fully saturated rings. The predicted molar refractivity (Wildman–Crippen MR) is 78.0 cm³/mol. The van der Waals surface area contributed by atoms with Crippen LogP contribution in [0.15, 0.2) is 0 Å². The molecule has 3 nitrogen and oxygen atoms in total. The van der Waals surface area contributed by atoms with E-state index in [4.69, 9.17) is 0 Å². The van der Waals surface area contributed by atoms with Crippen molar-refractivity contribution in [3.63, 3.8) is 0 Å². The van der Waals surface area contributed by atoms with E-state index in [0.29, 0.717) is 18.0 Å². The summed E-state index contributed by atoms with van der Waals surface area (Å²) in [5, 5.41) is 3.50. The van der Waals surface area contributed by atoms with Crippen LogP contribution < -0.4 is 5.32 Å². The van der Waals surface area contributed by atoms with Gasteiger partial charge in [-0.1, -0.05) is 0 Å². The summed E-state index contributed by atoms with van der Waals surface area (Å²) in [6.45, 7) is 8.39. The van der Waals surface area contributed by atoms with Gasteiger partial charge < -0.3 is 10.2 Å². The SMILES string of the molecule is CC(C)N(CC1CCCN1)C(=O)C1(C)CCCS1. The first-order valence-corrected chi connectivity index (χ1v) is 8.20. The van der Waals surface area contributed by atoms with Gasteiger partial charge in [0.2, 0.25) is 5.91 Å². The van der Waals surface area contributed by atoms with Crippen LogP contribution in [0, 0.1) is 0 Å². The van der Waals surface area contributed by atoms with E-state index < -0.39 is 0 Å².